The van der Waals surface area contributed by atoms with Gasteiger partial charge in [-0.3, -0.25) is 4.90 Å². The Kier molecular flexibility index (Phi) is 4.26. The standard InChI is InChI=1S/C14H27NO/c1-11-8-9-15(12(2)10-11)13-6-4-3-5-7-14(13)16/h11-14,16H,3-10H2,1-2H3. The monoisotopic (exact) mass is 225 g/mol. The van der Waals surface area contributed by atoms with E-state index in [4.69, 9.17) is 0 Å². The van der Waals surface area contributed by atoms with Crippen molar-refractivity contribution in [3.8, 4) is 0 Å². The summed E-state index contributed by atoms with van der Waals surface area (Å²) in [5.74, 6) is 0.870. The summed E-state index contributed by atoms with van der Waals surface area (Å²) in [6.45, 7) is 5.90. The van der Waals surface area contributed by atoms with Crippen LogP contribution in [0.15, 0.2) is 0 Å². The van der Waals surface area contributed by atoms with Crippen molar-refractivity contribution in [3.63, 3.8) is 0 Å². The van der Waals surface area contributed by atoms with Crippen molar-refractivity contribution in [2.24, 2.45) is 5.92 Å². The number of hydrogen-bond acceptors (Lipinski definition) is 2. The number of aliphatic hydroxyl groups is 1. The predicted molar refractivity (Wildman–Crippen MR) is 67.4 cm³/mol. The summed E-state index contributed by atoms with van der Waals surface area (Å²) in [6, 6.07) is 1.12. The molecule has 0 aromatic heterocycles. The predicted octanol–water partition coefficient (Wildman–Crippen LogP) is 2.80. The summed E-state index contributed by atoms with van der Waals surface area (Å²) in [4.78, 5) is 2.59. The first-order valence-electron chi connectivity index (χ1n) is 7.12. The maximum Gasteiger partial charge on any atom is 0.0695 e. The van der Waals surface area contributed by atoms with E-state index in [0.717, 1.165) is 12.3 Å². The minimum absolute atomic E-state index is 0.0710. The van der Waals surface area contributed by atoms with Gasteiger partial charge >= 0.3 is 0 Å². The molecule has 2 heteroatoms. The lowest BCUT2D eigenvalue weighted by Crippen LogP contribution is -2.51. The molecule has 4 unspecified atom stereocenters. The molecule has 1 N–H and O–H groups in total. The number of rotatable bonds is 1. The Balaban J connectivity index is 1.98. The van der Waals surface area contributed by atoms with Crippen molar-refractivity contribution < 1.29 is 5.11 Å². The summed E-state index contributed by atoms with van der Waals surface area (Å²) in [7, 11) is 0. The highest BCUT2D eigenvalue weighted by molar-refractivity contribution is 4.87. The molecule has 94 valence electrons. The van der Waals surface area contributed by atoms with Crippen LogP contribution in [0.5, 0.6) is 0 Å². The van der Waals surface area contributed by atoms with Gasteiger partial charge in [-0.2, -0.15) is 0 Å². The Bertz CT molecular complexity index is 219. The molecule has 4 atom stereocenters. The van der Waals surface area contributed by atoms with Gasteiger partial charge in [0.15, 0.2) is 0 Å². The molecule has 0 spiro atoms. The first-order valence-corrected chi connectivity index (χ1v) is 7.12. The van der Waals surface area contributed by atoms with Crippen LogP contribution in [0.3, 0.4) is 0 Å². The van der Waals surface area contributed by atoms with E-state index in [9.17, 15) is 5.11 Å². The normalized spacial score (nSPS) is 42.9. The second-order valence-electron chi connectivity index (χ2n) is 5.99. The van der Waals surface area contributed by atoms with Gasteiger partial charge in [-0.05, 0) is 45.1 Å². The second kappa shape index (κ2) is 5.50. The van der Waals surface area contributed by atoms with Gasteiger partial charge in [-0.25, -0.2) is 0 Å². The van der Waals surface area contributed by atoms with Gasteiger partial charge in [0.05, 0.1) is 6.10 Å². The lowest BCUT2D eigenvalue weighted by atomic mass is 9.90. The number of piperidine rings is 1. The summed E-state index contributed by atoms with van der Waals surface area (Å²) in [6.07, 6.45) is 8.61. The summed E-state index contributed by atoms with van der Waals surface area (Å²) in [5, 5.41) is 10.2. The van der Waals surface area contributed by atoms with Crippen molar-refractivity contribution in [2.45, 2.75) is 77.0 Å². The molecule has 0 aromatic carbocycles. The zero-order valence-corrected chi connectivity index (χ0v) is 10.9. The topological polar surface area (TPSA) is 23.5 Å². The largest absolute Gasteiger partial charge is 0.391 e. The molecule has 16 heavy (non-hydrogen) atoms. The average Bonchev–Trinajstić information content (AvgIpc) is 2.44. The lowest BCUT2D eigenvalue weighted by Gasteiger charge is -2.43. The Morgan fingerprint density at radius 2 is 1.75 bits per heavy atom. The molecular weight excluding hydrogens is 198 g/mol. The van der Waals surface area contributed by atoms with Crippen LogP contribution < -0.4 is 0 Å². The van der Waals surface area contributed by atoms with Gasteiger partial charge in [0.2, 0.25) is 0 Å². The van der Waals surface area contributed by atoms with Gasteiger partial charge in [-0.15, -0.1) is 0 Å². The highest BCUT2D eigenvalue weighted by Gasteiger charge is 2.33. The number of nitrogens with zero attached hydrogens (tertiary/aromatic N) is 1. The molecule has 1 saturated heterocycles. The van der Waals surface area contributed by atoms with E-state index in [-0.39, 0.29) is 6.10 Å². The van der Waals surface area contributed by atoms with Crippen molar-refractivity contribution in [3.05, 3.63) is 0 Å². The quantitative estimate of drug-likeness (QED) is 0.694. The third-order valence-electron chi connectivity index (χ3n) is 4.56. The Hall–Kier alpha value is -0.0800. The zero-order chi connectivity index (χ0) is 11.5. The van der Waals surface area contributed by atoms with E-state index >= 15 is 0 Å². The molecule has 2 aliphatic rings. The van der Waals surface area contributed by atoms with Crippen LogP contribution in [0.25, 0.3) is 0 Å². The average molecular weight is 225 g/mol. The molecule has 2 fully saturated rings. The first kappa shape index (κ1) is 12.4. The Labute approximate surface area is 100 Å². The third-order valence-corrected chi connectivity index (χ3v) is 4.56. The van der Waals surface area contributed by atoms with Crippen LogP contribution in [0, 0.1) is 5.92 Å². The maximum absolute atomic E-state index is 10.2. The van der Waals surface area contributed by atoms with Crippen molar-refractivity contribution in [1.29, 1.82) is 0 Å². The van der Waals surface area contributed by atoms with Crippen molar-refractivity contribution in [2.75, 3.05) is 6.54 Å². The van der Waals surface area contributed by atoms with Gasteiger partial charge in [0.1, 0.15) is 0 Å². The molecular formula is C14H27NO. The fourth-order valence-corrected chi connectivity index (χ4v) is 3.57. The second-order valence-corrected chi connectivity index (χ2v) is 5.99. The first-order chi connectivity index (χ1) is 7.68. The zero-order valence-electron chi connectivity index (χ0n) is 10.9. The van der Waals surface area contributed by atoms with Gasteiger partial charge in [0, 0.05) is 12.1 Å². The van der Waals surface area contributed by atoms with Crippen LogP contribution in [-0.2, 0) is 0 Å². The summed E-state index contributed by atoms with van der Waals surface area (Å²) in [5.41, 5.74) is 0. The molecule has 1 aliphatic carbocycles. The maximum atomic E-state index is 10.2. The number of aliphatic hydroxyl groups excluding tert-OH is 1. The van der Waals surface area contributed by atoms with Crippen LogP contribution in [0.2, 0.25) is 0 Å². The highest BCUT2D eigenvalue weighted by Crippen LogP contribution is 2.30. The van der Waals surface area contributed by atoms with Crippen LogP contribution in [0.1, 0.15) is 58.8 Å². The van der Waals surface area contributed by atoms with Crippen molar-refractivity contribution in [1.82, 2.24) is 4.90 Å². The van der Waals surface area contributed by atoms with E-state index in [0.29, 0.717) is 12.1 Å². The SMILES string of the molecule is CC1CCN(C2CCCCCC2O)C(C)C1. The molecule has 1 heterocycles. The molecule has 2 rings (SSSR count). The van der Waals surface area contributed by atoms with E-state index in [1.807, 2.05) is 0 Å². The van der Waals surface area contributed by atoms with E-state index in [1.165, 1.54) is 45.1 Å². The minimum atomic E-state index is -0.0710. The summed E-state index contributed by atoms with van der Waals surface area (Å²) >= 11 is 0. The fraction of sp³-hybridized carbons (Fsp3) is 1.00. The van der Waals surface area contributed by atoms with Crippen molar-refractivity contribution >= 4 is 0 Å². The molecule has 1 saturated carbocycles. The molecule has 0 amide bonds. The summed E-state index contributed by atoms with van der Waals surface area (Å²) < 4.78 is 0. The van der Waals surface area contributed by atoms with E-state index in [1.54, 1.807) is 0 Å². The van der Waals surface area contributed by atoms with E-state index < -0.39 is 0 Å². The number of likely N-dealkylation sites (tertiary alicyclic amines) is 1. The Morgan fingerprint density at radius 3 is 2.50 bits per heavy atom. The minimum Gasteiger partial charge on any atom is -0.391 e. The molecule has 1 aliphatic heterocycles. The van der Waals surface area contributed by atoms with E-state index in [2.05, 4.69) is 18.7 Å². The Morgan fingerprint density at radius 1 is 1.00 bits per heavy atom. The lowest BCUT2D eigenvalue weighted by molar-refractivity contribution is -0.000306. The van der Waals surface area contributed by atoms with Crippen LogP contribution in [0.4, 0.5) is 0 Å². The van der Waals surface area contributed by atoms with Gasteiger partial charge in [-0.1, -0.05) is 26.2 Å². The van der Waals surface area contributed by atoms with Crippen LogP contribution in [-0.4, -0.2) is 34.7 Å². The molecule has 0 radical (unpaired) electrons. The smallest absolute Gasteiger partial charge is 0.0695 e. The van der Waals surface area contributed by atoms with Gasteiger partial charge < -0.3 is 5.11 Å². The third kappa shape index (κ3) is 2.78. The molecule has 0 bridgehead atoms. The van der Waals surface area contributed by atoms with Gasteiger partial charge in [0.25, 0.3) is 0 Å². The molecule has 0 aromatic rings. The van der Waals surface area contributed by atoms with Crippen LogP contribution >= 0.6 is 0 Å². The molecule has 2 nitrogen and oxygen atoms in total. The fourth-order valence-electron chi connectivity index (χ4n) is 3.57. The number of hydrogen-bond donors (Lipinski definition) is 1. The highest BCUT2D eigenvalue weighted by atomic mass is 16.3.